The van der Waals surface area contributed by atoms with Crippen LogP contribution in [0.5, 0.6) is 0 Å². The number of hydrogen-bond donors (Lipinski definition) is 1. The minimum atomic E-state index is -3.94. The Hall–Kier alpha value is -2.59. The van der Waals surface area contributed by atoms with Gasteiger partial charge in [-0.1, -0.05) is 81.6 Å². The lowest BCUT2D eigenvalue weighted by Crippen LogP contribution is -2.52. The SMILES string of the molecule is CNC(=O)[C@H](Cc1ccccc1)N(Cc1ccc(Br)cc1)C(=O)CN(c1cc(Cl)ccc1Cl)S(C)(=O)=O. The van der Waals surface area contributed by atoms with Gasteiger partial charge in [0.1, 0.15) is 12.6 Å². The lowest BCUT2D eigenvalue weighted by Gasteiger charge is -2.33. The summed E-state index contributed by atoms with van der Waals surface area (Å²) in [6, 6.07) is 20.1. The summed E-state index contributed by atoms with van der Waals surface area (Å²) in [4.78, 5) is 28.3. The van der Waals surface area contributed by atoms with Crippen LogP contribution in [0, 0.1) is 0 Å². The molecule has 11 heteroatoms. The number of sulfonamides is 1. The number of likely N-dealkylation sites (N-methyl/N-ethyl adjacent to an activating group) is 1. The van der Waals surface area contributed by atoms with Crippen molar-refractivity contribution in [3.63, 3.8) is 0 Å². The number of hydrogen-bond acceptors (Lipinski definition) is 4. The number of nitrogens with zero attached hydrogens (tertiary/aromatic N) is 2. The number of carbonyl (C=O) groups is 2. The fourth-order valence-electron chi connectivity index (χ4n) is 3.78. The molecule has 3 rings (SSSR count). The minimum Gasteiger partial charge on any atom is -0.357 e. The fraction of sp³-hybridized carbons (Fsp3) is 0.231. The second-order valence-corrected chi connectivity index (χ2v) is 12.0. The number of carbonyl (C=O) groups excluding carboxylic acids is 2. The van der Waals surface area contributed by atoms with Gasteiger partial charge in [0.2, 0.25) is 21.8 Å². The Kier molecular flexibility index (Phi) is 10.0. The van der Waals surface area contributed by atoms with E-state index in [4.69, 9.17) is 23.2 Å². The van der Waals surface area contributed by atoms with Gasteiger partial charge in [-0.05, 0) is 41.5 Å². The van der Waals surface area contributed by atoms with E-state index in [2.05, 4.69) is 21.2 Å². The number of halogens is 3. The van der Waals surface area contributed by atoms with Crippen molar-refractivity contribution in [3.05, 3.63) is 98.4 Å². The molecule has 1 atom stereocenters. The predicted molar refractivity (Wildman–Crippen MR) is 151 cm³/mol. The van der Waals surface area contributed by atoms with Crippen LogP contribution in [0.25, 0.3) is 0 Å². The zero-order valence-electron chi connectivity index (χ0n) is 20.2. The van der Waals surface area contributed by atoms with Gasteiger partial charge in [0.25, 0.3) is 0 Å². The maximum Gasteiger partial charge on any atom is 0.244 e. The standard InChI is InChI=1S/C26H26BrCl2N3O4S/c1-30-26(34)24(14-18-6-4-3-5-7-18)31(16-19-8-10-20(27)11-9-19)25(33)17-32(37(2,35)36)23-15-21(28)12-13-22(23)29/h3-13,15,24H,14,16-17H2,1-2H3,(H,30,34)/t24-/m0/s1. The third-order valence-electron chi connectivity index (χ3n) is 5.64. The zero-order valence-corrected chi connectivity index (χ0v) is 24.1. The third-order valence-corrected chi connectivity index (χ3v) is 7.85. The van der Waals surface area contributed by atoms with E-state index in [9.17, 15) is 18.0 Å². The van der Waals surface area contributed by atoms with Crippen molar-refractivity contribution in [3.8, 4) is 0 Å². The molecule has 0 saturated heterocycles. The molecule has 0 spiro atoms. The molecule has 3 aromatic rings. The van der Waals surface area contributed by atoms with Gasteiger partial charge >= 0.3 is 0 Å². The Balaban J connectivity index is 2.04. The van der Waals surface area contributed by atoms with Gasteiger partial charge in [-0.2, -0.15) is 0 Å². The van der Waals surface area contributed by atoms with E-state index < -0.39 is 28.5 Å². The van der Waals surface area contributed by atoms with Crippen molar-refractivity contribution in [2.75, 3.05) is 24.2 Å². The third kappa shape index (κ3) is 7.95. The summed E-state index contributed by atoms with van der Waals surface area (Å²) in [5.74, 6) is -0.949. The molecular formula is C26H26BrCl2N3O4S. The first kappa shape index (κ1) is 29.0. The molecule has 2 amide bonds. The lowest BCUT2D eigenvalue weighted by atomic mass is 10.0. The predicted octanol–water partition coefficient (Wildman–Crippen LogP) is 4.91. The maximum absolute atomic E-state index is 13.8. The number of rotatable bonds is 10. The van der Waals surface area contributed by atoms with Crippen LogP contribution in [0.1, 0.15) is 11.1 Å². The topological polar surface area (TPSA) is 86.8 Å². The van der Waals surface area contributed by atoms with Crippen molar-refractivity contribution < 1.29 is 18.0 Å². The van der Waals surface area contributed by atoms with Crippen molar-refractivity contribution in [2.24, 2.45) is 0 Å². The van der Waals surface area contributed by atoms with Gasteiger partial charge in [-0.15, -0.1) is 0 Å². The first-order valence-electron chi connectivity index (χ1n) is 11.2. The Morgan fingerprint density at radius 2 is 1.62 bits per heavy atom. The zero-order chi connectivity index (χ0) is 27.2. The van der Waals surface area contributed by atoms with Crippen LogP contribution >= 0.6 is 39.1 Å². The highest BCUT2D eigenvalue weighted by molar-refractivity contribution is 9.10. The molecule has 1 N–H and O–H groups in total. The van der Waals surface area contributed by atoms with E-state index in [0.29, 0.717) is 0 Å². The molecule has 0 aliphatic rings. The molecule has 0 aliphatic heterocycles. The molecule has 0 fully saturated rings. The highest BCUT2D eigenvalue weighted by Gasteiger charge is 2.33. The van der Waals surface area contributed by atoms with Gasteiger partial charge in [0.15, 0.2) is 0 Å². The molecule has 37 heavy (non-hydrogen) atoms. The summed E-state index contributed by atoms with van der Waals surface area (Å²) >= 11 is 15.8. The van der Waals surface area contributed by atoms with Crippen LogP contribution in [0.2, 0.25) is 10.0 Å². The molecule has 3 aromatic carbocycles. The molecule has 0 aliphatic carbocycles. The first-order chi connectivity index (χ1) is 17.5. The summed E-state index contributed by atoms with van der Waals surface area (Å²) in [6.07, 6.45) is 1.22. The summed E-state index contributed by atoms with van der Waals surface area (Å²) in [6.45, 7) is -0.490. The molecule has 0 aromatic heterocycles. The van der Waals surface area contributed by atoms with E-state index in [1.807, 2.05) is 54.6 Å². The largest absolute Gasteiger partial charge is 0.357 e. The van der Waals surface area contributed by atoms with Crippen LogP contribution < -0.4 is 9.62 Å². The van der Waals surface area contributed by atoms with Crippen LogP contribution in [0.4, 0.5) is 5.69 Å². The van der Waals surface area contributed by atoms with Gasteiger partial charge in [-0.3, -0.25) is 13.9 Å². The average molecular weight is 627 g/mol. The average Bonchev–Trinajstić information content (AvgIpc) is 2.86. The Bertz CT molecular complexity index is 1360. The molecule has 0 unspecified atom stereocenters. The summed E-state index contributed by atoms with van der Waals surface area (Å²) in [5.41, 5.74) is 1.70. The minimum absolute atomic E-state index is 0.0770. The Morgan fingerprint density at radius 1 is 0.973 bits per heavy atom. The second-order valence-electron chi connectivity index (χ2n) is 8.33. The van der Waals surface area contributed by atoms with E-state index in [0.717, 1.165) is 26.2 Å². The Labute approximate surface area is 235 Å². The summed E-state index contributed by atoms with van der Waals surface area (Å²) in [7, 11) is -2.44. The van der Waals surface area contributed by atoms with Crippen LogP contribution in [0.3, 0.4) is 0 Å². The Morgan fingerprint density at radius 3 is 2.22 bits per heavy atom. The van der Waals surface area contributed by atoms with E-state index >= 15 is 0 Å². The van der Waals surface area contributed by atoms with E-state index in [1.54, 1.807) is 0 Å². The van der Waals surface area contributed by atoms with Crippen molar-refractivity contribution in [1.82, 2.24) is 10.2 Å². The van der Waals surface area contributed by atoms with Crippen molar-refractivity contribution in [2.45, 2.75) is 19.0 Å². The highest BCUT2D eigenvalue weighted by atomic mass is 79.9. The van der Waals surface area contributed by atoms with Crippen LogP contribution in [-0.4, -0.2) is 51.0 Å². The molecule has 0 radical (unpaired) electrons. The number of nitrogens with one attached hydrogen (secondary N) is 1. The van der Waals surface area contributed by atoms with Gasteiger partial charge < -0.3 is 10.2 Å². The molecular weight excluding hydrogens is 601 g/mol. The highest BCUT2D eigenvalue weighted by Crippen LogP contribution is 2.31. The molecule has 0 heterocycles. The first-order valence-corrected chi connectivity index (χ1v) is 14.6. The van der Waals surface area contributed by atoms with Gasteiger partial charge in [0.05, 0.1) is 17.0 Å². The van der Waals surface area contributed by atoms with Crippen molar-refractivity contribution >= 4 is 66.7 Å². The van der Waals surface area contributed by atoms with Crippen molar-refractivity contribution in [1.29, 1.82) is 0 Å². The molecule has 0 bridgehead atoms. The maximum atomic E-state index is 13.8. The summed E-state index contributed by atoms with van der Waals surface area (Å²) < 4.78 is 27.3. The smallest absolute Gasteiger partial charge is 0.244 e. The molecule has 7 nitrogen and oxygen atoms in total. The van der Waals surface area contributed by atoms with Crippen LogP contribution in [-0.2, 0) is 32.6 Å². The second kappa shape index (κ2) is 12.8. The molecule has 0 saturated carbocycles. The van der Waals surface area contributed by atoms with E-state index in [1.165, 1.54) is 30.1 Å². The lowest BCUT2D eigenvalue weighted by molar-refractivity contribution is -0.139. The number of amides is 2. The van der Waals surface area contributed by atoms with Crippen LogP contribution in [0.15, 0.2) is 77.3 Å². The normalized spacial score (nSPS) is 12.0. The monoisotopic (exact) mass is 625 g/mol. The van der Waals surface area contributed by atoms with Gasteiger partial charge in [-0.25, -0.2) is 8.42 Å². The van der Waals surface area contributed by atoms with Gasteiger partial charge in [0, 0.05) is 29.5 Å². The number of benzene rings is 3. The summed E-state index contributed by atoms with van der Waals surface area (Å²) in [5, 5.41) is 3.02. The molecule has 196 valence electrons. The fourth-order valence-corrected chi connectivity index (χ4v) is 5.33. The quantitative estimate of drug-likeness (QED) is 0.347. The number of anilines is 1. The van der Waals surface area contributed by atoms with E-state index in [-0.39, 0.29) is 34.6 Å².